The van der Waals surface area contributed by atoms with Crippen LogP contribution < -0.4 is 0 Å². The number of hydrogen-bond donors (Lipinski definition) is 3. The van der Waals surface area contributed by atoms with Crippen LogP contribution in [-0.2, 0) is 19.1 Å². The number of ketones is 2. The van der Waals surface area contributed by atoms with Gasteiger partial charge in [-0.2, -0.15) is 0 Å². The van der Waals surface area contributed by atoms with Crippen LogP contribution in [-0.4, -0.2) is 33.4 Å². The van der Waals surface area contributed by atoms with Crippen molar-refractivity contribution in [2.24, 2.45) is 0 Å². The highest BCUT2D eigenvalue weighted by Gasteiger charge is 2.36. The molecule has 7 heteroatoms. The van der Waals surface area contributed by atoms with Crippen LogP contribution in [0.15, 0.2) is 23.0 Å². The van der Waals surface area contributed by atoms with Gasteiger partial charge in [0.05, 0.1) is 0 Å². The average Bonchev–Trinajstić information content (AvgIpc) is 2.19. The Morgan fingerprint density at radius 1 is 0.929 bits per heavy atom. The number of ether oxygens (including phenoxy) is 1. The van der Waals surface area contributed by atoms with Crippen molar-refractivity contribution in [3.8, 4) is 0 Å². The first-order chi connectivity index (χ1) is 6.50. The Morgan fingerprint density at radius 3 is 1.93 bits per heavy atom. The number of aliphatic hydroxyl groups excluding tert-OH is 3. The Balaban J connectivity index is 3.25. The highest BCUT2D eigenvalue weighted by molar-refractivity contribution is 6.21. The first-order valence-electron chi connectivity index (χ1n) is 3.25. The molecule has 7 nitrogen and oxygen atoms in total. The fourth-order valence-corrected chi connectivity index (χ4v) is 0.803. The first kappa shape index (κ1) is 9.78. The quantitative estimate of drug-likeness (QED) is 0.402. The maximum atomic E-state index is 11.0. The predicted octanol–water partition coefficient (Wildman–Crippen LogP) is -0.592. The maximum Gasteiger partial charge on any atom is 0.298 e. The molecule has 1 aliphatic carbocycles. The SMILES string of the molecule is O=COC1=C(O)C(=O)C(O)=C(O)C1=O. The van der Waals surface area contributed by atoms with Gasteiger partial charge < -0.3 is 20.1 Å². The number of hydrogen-bond acceptors (Lipinski definition) is 7. The van der Waals surface area contributed by atoms with Crippen LogP contribution in [0, 0.1) is 0 Å². The summed E-state index contributed by atoms with van der Waals surface area (Å²) in [4.78, 5) is 31.7. The van der Waals surface area contributed by atoms with Crippen molar-refractivity contribution in [3.05, 3.63) is 23.0 Å². The molecule has 0 aromatic heterocycles. The molecule has 0 aliphatic heterocycles. The van der Waals surface area contributed by atoms with Gasteiger partial charge in [0, 0.05) is 0 Å². The summed E-state index contributed by atoms with van der Waals surface area (Å²) in [6, 6.07) is 0. The van der Waals surface area contributed by atoms with Crippen LogP contribution in [0.1, 0.15) is 0 Å². The third-order valence-electron chi connectivity index (χ3n) is 1.46. The lowest BCUT2D eigenvalue weighted by Gasteiger charge is -2.11. The van der Waals surface area contributed by atoms with E-state index in [9.17, 15) is 14.4 Å². The second-order valence-corrected chi connectivity index (χ2v) is 2.25. The molecule has 0 unspecified atom stereocenters. The topological polar surface area (TPSA) is 121 Å². The molecule has 0 saturated carbocycles. The van der Waals surface area contributed by atoms with E-state index in [0.717, 1.165) is 0 Å². The van der Waals surface area contributed by atoms with E-state index in [4.69, 9.17) is 15.3 Å². The Labute approximate surface area is 76.5 Å². The van der Waals surface area contributed by atoms with Crippen molar-refractivity contribution in [3.63, 3.8) is 0 Å². The number of carbonyl (C=O) groups is 3. The van der Waals surface area contributed by atoms with Crippen LogP contribution in [0.3, 0.4) is 0 Å². The van der Waals surface area contributed by atoms with E-state index in [0.29, 0.717) is 0 Å². The summed E-state index contributed by atoms with van der Waals surface area (Å²) in [5.74, 6) is -7.53. The Bertz CT molecular complexity index is 387. The van der Waals surface area contributed by atoms with Gasteiger partial charge in [0.15, 0.2) is 0 Å². The second-order valence-electron chi connectivity index (χ2n) is 2.25. The number of aliphatic hydroxyl groups is 3. The van der Waals surface area contributed by atoms with Crippen LogP contribution in [0.5, 0.6) is 0 Å². The molecular weight excluding hydrogens is 196 g/mol. The van der Waals surface area contributed by atoms with E-state index in [1.54, 1.807) is 0 Å². The summed E-state index contributed by atoms with van der Waals surface area (Å²) in [6.45, 7) is -0.202. The molecule has 0 amide bonds. The lowest BCUT2D eigenvalue weighted by Crippen LogP contribution is -2.25. The molecule has 0 fully saturated rings. The standard InChI is InChI=1S/C7H4O7/c8-1-14-7-5(12)3(10)2(9)4(11)6(7)13/h1,9-10,13H. The van der Waals surface area contributed by atoms with E-state index in [2.05, 4.69) is 4.74 Å². The molecule has 0 bridgehead atoms. The molecule has 14 heavy (non-hydrogen) atoms. The Kier molecular flexibility index (Phi) is 2.24. The highest BCUT2D eigenvalue weighted by atomic mass is 16.5. The van der Waals surface area contributed by atoms with E-state index < -0.39 is 34.6 Å². The van der Waals surface area contributed by atoms with Gasteiger partial charge in [-0.25, -0.2) is 0 Å². The summed E-state index contributed by atoms with van der Waals surface area (Å²) in [7, 11) is 0. The van der Waals surface area contributed by atoms with Gasteiger partial charge in [-0.1, -0.05) is 0 Å². The van der Waals surface area contributed by atoms with E-state index in [1.807, 2.05) is 0 Å². The Morgan fingerprint density at radius 2 is 1.43 bits per heavy atom. The number of rotatable bonds is 2. The zero-order valence-corrected chi connectivity index (χ0v) is 6.55. The van der Waals surface area contributed by atoms with Gasteiger partial charge >= 0.3 is 0 Å². The molecule has 1 aliphatic rings. The second kappa shape index (κ2) is 3.21. The fourth-order valence-electron chi connectivity index (χ4n) is 0.803. The molecule has 0 heterocycles. The van der Waals surface area contributed by atoms with Gasteiger partial charge in [-0.3, -0.25) is 14.4 Å². The summed E-state index contributed by atoms with van der Waals surface area (Å²) in [5, 5.41) is 26.6. The van der Waals surface area contributed by atoms with Crippen molar-refractivity contribution in [2.45, 2.75) is 0 Å². The summed E-state index contributed by atoms with van der Waals surface area (Å²) in [5.41, 5.74) is 0. The smallest absolute Gasteiger partial charge is 0.298 e. The van der Waals surface area contributed by atoms with E-state index in [-0.39, 0.29) is 6.47 Å². The van der Waals surface area contributed by atoms with Gasteiger partial charge in [-0.15, -0.1) is 0 Å². The summed E-state index contributed by atoms with van der Waals surface area (Å²) in [6.07, 6.45) is 0. The normalized spacial score (nSPS) is 17.4. The van der Waals surface area contributed by atoms with Crippen LogP contribution in [0.2, 0.25) is 0 Å². The van der Waals surface area contributed by atoms with Crippen molar-refractivity contribution in [2.75, 3.05) is 0 Å². The van der Waals surface area contributed by atoms with Crippen LogP contribution in [0.25, 0.3) is 0 Å². The minimum atomic E-state index is -1.39. The molecule has 1 rings (SSSR count). The van der Waals surface area contributed by atoms with Gasteiger partial charge in [-0.05, 0) is 0 Å². The van der Waals surface area contributed by atoms with E-state index in [1.165, 1.54) is 0 Å². The molecule has 0 saturated heterocycles. The largest absolute Gasteiger partial charge is 0.501 e. The summed E-state index contributed by atoms with van der Waals surface area (Å²) < 4.78 is 3.97. The van der Waals surface area contributed by atoms with Crippen LogP contribution >= 0.6 is 0 Å². The van der Waals surface area contributed by atoms with Crippen molar-refractivity contribution < 1.29 is 34.4 Å². The van der Waals surface area contributed by atoms with Crippen molar-refractivity contribution in [1.29, 1.82) is 0 Å². The summed E-state index contributed by atoms with van der Waals surface area (Å²) >= 11 is 0. The molecule has 3 N–H and O–H groups in total. The average molecular weight is 200 g/mol. The number of carbonyl (C=O) groups excluding carboxylic acids is 3. The molecule has 0 spiro atoms. The lowest BCUT2D eigenvalue weighted by atomic mass is 10.1. The van der Waals surface area contributed by atoms with Crippen molar-refractivity contribution in [1.82, 2.24) is 0 Å². The highest BCUT2D eigenvalue weighted by Crippen LogP contribution is 2.20. The van der Waals surface area contributed by atoms with Crippen LogP contribution in [0.4, 0.5) is 0 Å². The fraction of sp³-hybridized carbons (Fsp3) is 0. The van der Waals surface area contributed by atoms with Gasteiger partial charge in [0.1, 0.15) is 0 Å². The molecular formula is C7H4O7. The van der Waals surface area contributed by atoms with Crippen molar-refractivity contribution >= 4 is 18.0 Å². The lowest BCUT2D eigenvalue weighted by molar-refractivity contribution is -0.132. The molecule has 0 atom stereocenters. The third-order valence-corrected chi connectivity index (χ3v) is 1.46. The number of Topliss-reactive ketones (excluding diaryl/α,β-unsaturated/α-hetero) is 2. The maximum absolute atomic E-state index is 11.0. The zero-order valence-electron chi connectivity index (χ0n) is 6.55. The monoisotopic (exact) mass is 200 g/mol. The molecule has 0 radical (unpaired) electrons. The molecule has 0 aromatic carbocycles. The first-order valence-corrected chi connectivity index (χ1v) is 3.25. The Hall–Kier alpha value is -2.31. The zero-order chi connectivity index (χ0) is 10.9. The third kappa shape index (κ3) is 1.20. The molecule has 0 aromatic rings. The predicted molar refractivity (Wildman–Crippen MR) is 39.1 cm³/mol. The van der Waals surface area contributed by atoms with E-state index >= 15 is 0 Å². The minimum Gasteiger partial charge on any atom is -0.501 e. The minimum absolute atomic E-state index is 0.202. The van der Waals surface area contributed by atoms with Gasteiger partial charge in [0.25, 0.3) is 18.0 Å². The van der Waals surface area contributed by atoms with Gasteiger partial charge in [0.2, 0.25) is 23.0 Å². The molecule has 74 valence electrons.